The van der Waals surface area contributed by atoms with Crippen molar-refractivity contribution < 1.29 is 18.7 Å². The maximum Gasteiger partial charge on any atom is 0.271 e. The van der Waals surface area contributed by atoms with Crippen molar-refractivity contribution >= 4 is 29.2 Å². The Hall–Kier alpha value is -2.94. The van der Waals surface area contributed by atoms with Gasteiger partial charge in [0.25, 0.3) is 11.8 Å². The van der Waals surface area contributed by atoms with Crippen LogP contribution in [0.4, 0.5) is 10.2 Å². The third-order valence-corrected chi connectivity index (χ3v) is 6.03. The van der Waals surface area contributed by atoms with Crippen LogP contribution in [0.15, 0.2) is 30.6 Å². The molecule has 2 aromatic rings. The molecule has 0 aliphatic carbocycles. The Morgan fingerprint density at radius 3 is 2.53 bits per heavy atom. The number of nitrogens with zero attached hydrogens (tertiary/aromatic N) is 5. The van der Waals surface area contributed by atoms with Crippen LogP contribution in [0.25, 0.3) is 0 Å². The maximum atomic E-state index is 14.2. The van der Waals surface area contributed by atoms with Crippen LogP contribution >= 0.6 is 11.6 Å². The van der Waals surface area contributed by atoms with E-state index in [1.54, 1.807) is 26.2 Å². The van der Waals surface area contributed by atoms with Crippen molar-refractivity contribution in [2.45, 2.75) is 31.4 Å². The van der Waals surface area contributed by atoms with Crippen molar-refractivity contribution in [3.63, 3.8) is 0 Å². The molecule has 4 heterocycles. The van der Waals surface area contributed by atoms with Gasteiger partial charge in [-0.2, -0.15) is 0 Å². The summed E-state index contributed by atoms with van der Waals surface area (Å²) < 4.78 is 20.0. The molecule has 8 nitrogen and oxygen atoms in total. The Morgan fingerprint density at radius 2 is 1.91 bits per heavy atom. The van der Waals surface area contributed by atoms with Gasteiger partial charge in [0.05, 0.1) is 11.2 Å². The monoisotopic (exact) mass is 461 g/mol. The van der Waals surface area contributed by atoms with Gasteiger partial charge in [-0.15, -0.1) is 0 Å². The highest BCUT2D eigenvalue weighted by Crippen LogP contribution is 2.28. The third-order valence-electron chi connectivity index (χ3n) is 5.82. The van der Waals surface area contributed by atoms with E-state index in [1.807, 2.05) is 9.80 Å². The quantitative estimate of drug-likeness (QED) is 0.681. The van der Waals surface area contributed by atoms with E-state index < -0.39 is 11.9 Å². The first-order chi connectivity index (χ1) is 15.3. The van der Waals surface area contributed by atoms with E-state index in [0.29, 0.717) is 43.3 Å². The highest BCUT2D eigenvalue weighted by molar-refractivity contribution is 6.30. The van der Waals surface area contributed by atoms with Crippen molar-refractivity contribution in [3.05, 3.63) is 47.1 Å². The number of carbonyl (C=O) groups excluding carboxylic acids is 2. The summed E-state index contributed by atoms with van der Waals surface area (Å²) >= 11 is 5.79. The fourth-order valence-corrected chi connectivity index (χ4v) is 4.29. The summed E-state index contributed by atoms with van der Waals surface area (Å²) in [6.45, 7) is 1.83. The third kappa shape index (κ3) is 4.62. The zero-order valence-electron chi connectivity index (χ0n) is 18.0. The van der Waals surface area contributed by atoms with Crippen molar-refractivity contribution in [1.29, 1.82) is 0 Å². The lowest BCUT2D eigenvalue weighted by molar-refractivity contribution is -0.135. The number of hydrogen-bond acceptors (Lipinski definition) is 6. The van der Waals surface area contributed by atoms with Gasteiger partial charge in [0.1, 0.15) is 11.4 Å². The van der Waals surface area contributed by atoms with Crippen LogP contribution in [0.5, 0.6) is 5.75 Å². The molecule has 2 saturated heterocycles. The Kier molecular flexibility index (Phi) is 6.45. The average molecular weight is 462 g/mol. The normalized spacial score (nSPS) is 19.4. The Balaban J connectivity index is 1.32. The molecule has 2 aromatic heterocycles. The molecule has 0 unspecified atom stereocenters. The van der Waals surface area contributed by atoms with Crippen molar-refractivity contribution in [1.82, 2.24) is 19.8 Å². The Labute approximate surface area is 190 Å². The molecule has 0 bridgehead atoms. The van der Waals surface area contributed by atoms with Crippen LogP contribution in [0, 0.1) is 5.82 Å². The van der Waals surface area contributed by atoms with E-state index in [9.17, 15) is 14.0 Å². The number of piperidine rings is 1. The van der Waals surface area contributed by atoms with Gasteiger partial charge in [0, 0.05) is 52.4 Å². The predicted octanol–water partition coefficient (Wildman–Crippen LogP) is 2.62. The fourth-order valence-electron chi connectivity index (χ4n) is 4.15. The SMILES string of the molecule is CN(C)C(=O)c1ccc(O[C@H]2CCN(C3CCN(c4ncc(Cl)cc4F)CC3)C2=O)cn1. The molecule has 32 heavy (non-hydrogen) atoms. The Bertz CT molecular complexity index is 996. The van der Waals surface area contributed by atoms with Crippen LogP contribution in [0.2, 0.25) is 5.02 Å². The average Bonchev–Trinajstić information content (AvgIpc) is 3.14. The first-order valence-electron chi connectivity index (χ1n) is 10.5. The summed E-state index contributed by atoms with van der Waals surface area (Å²) in [7, 11) is 3.32. The minimum atomic E-state index is -0.569. The number of likely N-dealkylation sites (tertiary alicyclic amines) is 1. The van der Waals surface area contributed by atoms with Gasteiger partial charge in [0.15, 0.2) is 17.7 Å². The zero-order chi connectivity index (χ0) is 22.8. The van der Waals surface area contributed by atoms with Gasteiger partial charge in [0.2, 0.25) is 0 Å². The van der Waals surface area contributed by atoms with Crippen molar-refractivity contribution in [3.8, 4) is 5.75 Å². The van der Waals surface area contributed by atoms with Gasteiger partial charge >= 0.3 is 0 Å². The van der Waals surface area contributed by atoms with E-state index in [-0.39, 0.29) is 22.9 Å². The molecule has 2 aliphatic rings. The van der Waals surface area contributed by atoms with Crippen LogP contribution in [0.1, 0.15) is 29.8 Å². The molecule has 0 aromatic carbocycles. The Morgan fingerprint density at radius 1 is 1.16 bits per heavy atom. The van der Waals surface area contributed by atoms with Gasteiger partial charge < -0.3 is 19.4 Å². The second-order valence-corrected chi connectivity index (χ2v) is 8.62. The molecule has 0 spiro atoms. The molecule has 4 rings (SSSR count). The standard InChI is InChI=1S/C22H25ClFN5O3/c1-27(2)21(30)18-4-3-16(13-25-18)32-19-7-10-29(22(19)31)15-5-8-28(9-6-15)20-17(24)11-14(23)12-26-20/h3-4,11-13,15,19H,5-10H2,1-2H3/t19-/m0/s1. The van der Waals surface area contributed by atoms with Crippen molar-refractivity contribution in [2.75, 3.05) is 38.6 Å². The number of halogens is 2. The van der Waals surface area contributed by atoms with Gasteiger partial charge in [-0.25, -0.2) is 14.4 Å². The molecule has 2 aliphatic heterocycles. The van der Waals surface area contributed by atoms with E-state index in [1.165, 1.54) is 23.4 Å². The van der Waals surface area contributed by atoms with Crippen LogP contribution < -0.4 is 9.64 Å². The number of anilines is 1. The summed E-state index contributed by atoms with van der Waals surface area (Å²) in [5.41, 5.74) is 0.320. The first-order valence-corrected chi connectivity index (χ1v) is 10.9. The van der Waals surface area contributed by atoms with E-state index in [4.69, 9.17) is 16.3 Å². The molecule has 0 radical (unpaired) electrons. The minimum Gasteiger partial charge on any atom is -0.479 e. The van der Waals surface area contributed by atoms with Crippen LogP contribution in [0.3, 0.4) is 0 Å². The lowest BCUT2D eigenvalue weighted by Crippen LogP contribution is -2.47. The number of ether oxygens (including phenoxy) is 1. The van der Waals surface area contributed by atoms with E-state index >= 15 is 0 Å². The number of hydrogen-bond donors (Lipinski definition) is 0. The maximum absolute atomic E-state index is 14.2. The molecule has 0 saturated carbocycles. The number of rotatable bonds is 5. The summed E-state index contributed by atoms with van der Waals surface area (Å²) in [5, 5.41) is 0.268. The van der Waals surface area contributed by atoms with Crippen molar-refractivity contribution in [2.24, 2.45) is 0 Å². The predicted molar refractivity (Wildman–Crippen MR) is 117 cm³/mol. The number of amides is 2. The molecular weight excluding hydrogens is 437 g/mol. The molecule has 2 amide bonds. The molecule has 1 atom stereocenters. The smallest absolute Gasteiger partial charge is 0.271 e. The van der Waals surface area contributed by atoms with Gasteiger partial charge in [-0.1, -0.05) is 11.6 Å². The molecule has 0 N–H and O–H groups in total. The second kappa shape index (κ2) is 9.28. The lowest BCUT2D eigenvalue weighted by atomic mass is 10.0. The molecule has 10 heteroatoms. The van der Waals surface area contributed by atoms with Gasteiger partial charge in [-0.05, 0) is 31.0 Å². The lowest BCUT2D eigenvalue weighted by Gasteiger charge is -2.37. The summed E-state index contributed by atoms with van der Waals surface area (Å²) in [5.74, 6) is 0.0751. The zero-order valence-corrected chi connectivity index (χ0v) is 18.8. The molecule has 170 valence electrons. The fraction of sp³-hybridized carbons (Fsp3) is 0.455. The minimum absolute atomic E-state index is 0.0484. The van der Waals surface area contributed by atoms with Crippen LogP contribution in [-0.4, -0.2) is 77.5 Å². The molecular formula is C22H25ClFN5O3. The van der Waals surface area contributed by atoms with Gasteiger partial charge in [-0.3, -0.25) is 9.59 Å². The summed E-state index contributed by atoms with van der Waals surface area (Å²) in [6, 6.07) is 4.60. The number of carbonyl (C=O) groups is 2. The summed E-state index contributed by atoms with van der Waals surface area (Å²) in [4.78, 5) is 38.3. The molecule has 2 fully saturated rings. The second-order valence-electron chi connectivity index (χ2n) is 8.18. The highest BCUT2D eigenvalue weighted by Gasteiger charge is 2.38. The van der Waals surface area contributed by atoms with E-state index in [0.717, 1.165) is 12.8 Å². The number of pyridine rings is 2. The van der Waals surface area contributed by atoms with E-state index in [2.05, 4.69) is 9.97 Å². The summed E-state index contributed by atoms with van der Waals surface area (Å²) in [6.07, 6.45) is 4.39. The van der Waals surface area contributed by atoms with Crippen LogP contribution in [-0.2, 0) is 4.79 Å². The topological polar surface area (TPSA) is 78.9 Å². The number of aromatic nitrogens is 2. The first kappa shape index (κ1) is 22.3. The highest BCUT2D eigenvalue weighted by atomic mass is 35.5. The largest absolute Gasteiger partial charge is 0.479 e.